The van der Waals surface area contributed by atoms with Crippen molar-refractivity contribution < 1.29 is 4.42 Å². The summed E-state index contributed by atoms with van der Waals surface area (Å²) < 4.78 is 6.29. The summed E-state index contributed by atoms with van der Waals surface area (Å²) in [4.78, 5) is 2.43. The van der Waals surface area contributed by atoms with Gasteiger partial charge in [0, 0.05) is 27.7 Å². The molecule has 0 spiro atoms. The lowest BCUT2D eigenvalue weighted by Crippen LogP contribution is -2.11. The number of nitrogens with zero attached hydrogens (tertiary/aromatic N) is 1. The molecule has 11 rings (SSSR count). The molecule has 0 amide bonds. The Kier molecular flexibility index (Phi) is 8.87. The maximum absolute atomic E-state index is 6.29. The van der Waals surface area contributed by atoms with E-state index in [1.54, 1.807) is 0 Å². The van der Waals surface area contributed by atoms with Gasteiger partial charge in [-0.1, -0.05) is 182 Å². The molecule has 0 atom stereocenters. The van der Waals surface area contributed by atoms with Crippen LogP contribution in [-0.4, -0.2) is 0 Å². The highest BCUT2D eigenvalue weighted by Crippen LogP contribution is 2.45. The second-order valence-electron chi connectivity index (χ2n) is 15.3. The van der Waals surface area contributed by atoms with Gasteiger partial charge < -0.3 is 9.32 Å². The maximum Gasteiger partial charge on any atom is 0.136 e. The molecule has 0 saturated heterocycles. The molecule has 0 bridgehead atoms. The Hall–Kier alpha value is -7.94. The maximum atomic E-state index is 6.29. The number of fused-ring (bicyclic) bond motifs is 4. The quantitative estimate of drug-likeness (QED) is 0.153. The summed E-state index contributed by atoms with van der Waals surface area (Å²) in [5, 5.41) is 4.74. The van der Waals surface area contributed by atoms with Crippen LogP contribution in [0.15, 0.2) is 241 Å². The second-order valence-corrected chi connectivity index (χ2v) is 15.3. The first-order chi connectivity index (χ1) is 29.7. The van der Waals surface area contributed by atoms with Crippen LogP contribution >= 0.6 is 0 Å². The first-order valence-electron chi connectivity index (χ1n) is 20.5. The molecule has 0 unspecified atom stereocenters. The van der Waals surface area contributed by atoms with Gasteiger partial charge in [0.2, 0.25) is 0 Å². The summed E-state index contributed by atoms with van der Waals surface area (Å²) in [6, 6.07) is 85.0. The van der Waals surface area contributed by atoms with Crippen LogP contribution in [0.4, 0.5) is 17.1 Å². The van der Waals surface area contributed by atoms with E-state index in [4.69, 9.17) is 4.42 Å². The van der Waals surface area contributed by atoms with Gasteiger partial charge >= 0.3 is 0 Å². The molecule has 10 aromatic carbocycles. The van der Waals surface area contributed by atoms with Crippen molar-refractivity contribution in [2.75, 3.05) is 4.90 Å². The zero-order chi connectivity index (χ0) is 39.8. The smallest absolute Gasteiger partial charge is 0.136 e. The molecule has 0 aliphatic carbocycles. The number of rotatable bonds is 8. The van der Waals surface area contributed by atoms with E-state index in [2.05, 4.69) is 229 Å². The zero-order valence-electron chi connectivity index (χ0n) is 32.9. The van der Waals surface area contributed by atoms with Crippen molar-refractivity contribution in [3.8, 4) is 55.6 Å². The van der Waals surface area contributed by atoms with Crippen LogP contribution in [0.5, 0.6) is 0 Å². The molecule has 11 aromatic rings. The molecule has 0 N–H and O–H groups in total. The Morgan fingerprint density at radius 3 is 1.57 bits per heavy atom. The number of benzene rings is 10. The number of hydrogen-bond donors (Lipinski definition) is 0. The Morgan fingerprint density at radius 1 is 0.283 bits per heavy atom. The predicted molar refractivity (Wildman–Crippen MR) is 253 cm³/mol. The van der Waals surface area contributed by atoms with Crippen LogP contribution < -0.4 is 4.90 Å². The van der Waals surface area contributed by atoms with Crippen LogP contribution in [-0.2, 0) is 0 Å². The third kappa shape index (κ3) is 6.41. The van der Waals surface area contributed by atoms with Crippen LogP contribution in [0.2, 0.25) is 0 Å². The summed E-state index contributed by atoms with van der Waals surface area (Å²) in [5.74, 6) is 0. The van der Waals surface area contributed by atoms with E-state index >= 15 is 0 Å². The third-order valence-electron chi connectivity index (χ3n) is 11.6. The first-order valence-corrected chi connectivity index (χ1v) is 20.5. The summed E-state index contributed by atoms with van der Waals surface area (Å²) in [7, 11) is 0. The molecule has 0 fully saturated rings. The fourth-order valence-corrected chi connectivity index (χ4v) is 8.81. The van der Waals surface area contributed by atoms with Crippen LogP contribution in [0.3, 0.4) is 0 Å². The minimum atomic E-state index is 0.894. The van der Waals surface area contributed by atoms with Gasteiger partial charge in [0.1, 0.15) is 11.2 Å². The number of anilines is 3. The van der Waals surface area contributed by atoms with Crippen molar-refractivity contribution in [3.05, 3.63) is 237 Å². The molecule has 1 heterocycles. The van der Waals surface area contributed by atoms with E-state index in [0.717, 1.165) is 72.4 Å². The van der Waals surface area contributed by atoms with E-state index in [1.165, 1.54) is 33.0 Å². The first kappa shape index (κ1) is 35.2. The largest absolute Gasteiger partial charge is 0.456 e. The lowest BCUT2D eigenvalue weighted by Gasteiger charge is -2.29. The lowest BCUT2D eigenvalue weighted by atomic mass is 9.94. The number of hydrogen-bond acceptors (Lipinski definition) is 2. The Morgan fingerprint density at radius 2 is 0.800 bits per heavy atom. The van der Waals surface area contributed by atoms with Gasteiger partial charge in [-0.2, -0.15) is 0 Å². The van der Waals surface area contributed by atoms with Gasteiger partial charge in [-0.3, -0.25) is 0 Å². The van der Waals surface area contributed by atoms with E-state index in [9.17, 15) is 0 Å². The van der Waals surface area contributed by atoms with Crippen molar-refractivity contribution in [1.29, 1.82) is 0 Å². The molecule has 2 nitrogen and oxygen atoms in total. The van der Waals surface area contributed by atoms with E-state index in [1.807, 2.05) is 12.1 Å². The zero-order valence-corrected chi connectivity index (χ0v) is 32.9. The second kappa shape index (κ2) is 15.1. The highest BCUT2D eigenvalue weighted by Gasteiger charge is 2.21. The molecular weight excluding hydrogens is 727 g/mol. The molecule has 282 valence electrons. The Labute approximate surface area is 349 Å². The average Bonchev–Trinajstić information content (AvgIpc) is 3.72. The molecule has 60 heavy (non-hydrogen) atoms. The minimum Gasteiger partial charge on any atom is -0.456 e. The van der Waals surface area contributed by atoms with Crippen molar-refractivity contribution in [3.63, 3.8) is 0 Å². The van der Waals surface area contributed by atoms with Gasteiger partial charge in [0.25, 0.3) is 0 Å². The summed E-state index contributed by atoms with van der Waals surface area (Å²) in [5.41, 5.74) is 16.7. The van der Waals surface area contributed by atoms with Gasteiger partial charge in [0.05, 0.1) is 5.69 Å². The topological polar surface area (TPSA) is 16.4 Å². The summed E-state index contributed by atoms with van der Waals surface area (Å²) >= 11 is 0. The van der Waals surface area contributed by atoms with Gasteiger partial charge in [-0.25, -0.2) is 0 Å². The monoisotopic (exact) mass is 765 g/mol. The van der Waals surface area contributed by atoms with Crippen LogP contribution in [0.25, 0.3) is 88.3 Å². The summed E-state index contributed by atoms with van der Waals surface area (Å²) in [6.07, 6.45) is 0. The summed E-state index contributed by atoms with van der Waals surface area (Å²) in [6.45, 7) is 0. The van der Waals surface area contributed by atoms with E-state index < -0.39 is 0 Å². The fourth-order valence-electron chi connectivity index (χ4n) is 8.81. The molecule has 1 aromatic heterocycles. The third-order valence-corrected chi connectivity index (χ3v) is 11.6. The fraction of sp³-hybridized carbons (Fsp3) is 0. The molecule has 0 aliphatic rings. The molecule has 0 radical (unpaired) electrons. The molecule has 0 saturated carbocycles. The highest BCUT2D eigenvalue weighted by molar-refractivity contribution is 6.12. The van der Waals surface area contributed by atoms with Crippen molar-refractivity contribution in [1.82, 2.24) is 0 Å². The molecule has 2 heteroatoms. The normalized spacial score (nSPS) is 11.3. The van der Waals surface area contributed by atoms with Gasteiger partial charge in [-0.15, -0.1) is 0 Å². The Bertz CT molecular complexity index is 3250. The highest BCUT2D eigenvalue weighted by atomic mass is 16.3. The SMILES string of the molecule is c1ccc(-c2cc(-c3ccccc3)cc(N(c3ccc(-c4cccc5oc6ccccc6c45)cc3)c3ccccc3-c3cccc(-c4cccc5ccccc45)c3)c2)cc1. The molecule has 0 aliphatic heterocycles. The van der Waals surface area contributed by atoms with Crippen molar-refractivity contribution in [2.24, 2.45) is 0 Å². The number of para-hydroxylation sites is 2. The minimum absolute atomic E-state index is 0.894. The van der Waals surface area contributed by atoms with Crippen molar-refractivity contribution >= 4 is 49.8 Å². The lowest BCUT2D eigenvalue weighted by molar-refractivity contribution is 0.669. The van der Waals surface area contributed by atoms with E-state index in [0.29, 0.717) is 0 Å². The molecular formula is C58H39NO. The van der Waals surface area contributed by atoms with Crippen molar-refractivity contribution in [2.45, 2.75) is 0 Å². The van der Waals surface area contributed by atoms with E-state index in [-0.39, 0.29) is 0 Å². The van der Waals surface area contributed by atoms with Gasteiger partial charge in [0.15, 0.2) is 0 Å². The average molecular weight is 766 g/mol. The predicted octanol–water partition coefficient (Wildman–Crippen LogP) is 16.5. The van der Waals surface area contributed by atoms with Crippen LogP contribution in [0, 0.1) is 0 Å². The van der Waals surface area contributed by atoms with Gasteiger partial charge in [-0.05, 0) is 115 Å². The van der Waals surface area contributed by atoms with Crippen LogP contribution in [0.1, 0.15) is 0 Å². The number of furan rings is 1. The Balaban J connectivity index is 1.11. The standard InChI is InChI=1S/C58H39NO/c1-3-16-40(17-4-1)46-37-47(41-18-5-2-6-19-41)39-49(38-46)59(48-34-32-43(33-35-48)53-28-15-31-57-58(53)54-26-10-12-30-56(54)60-57)55-29-11-9-25-52(55)45-23-13-22-44(36-45)51-27-14-21-42-20-7-8-24-50(42)51/h1-39H.